The fourth-order valence-electron chi connectivity index (χ4n) is 2.50. The van der Waals surface area contributed by atoms with E-state index in [1.165, 1.54) is 22.0 Å². The topological polar surface area (TPSA) is 66.5 Å². The van der Waals surface area contributed by atoms with Crippen LogP contribution in [0.3, 0.4) is 0 Å². The van der Waals surface area contributed by atoms with Crippen LogP contribution >= 0.6 is 0 Å². The number of nitrogens with zero attached hydrogens (tertiary/aromatic N) is 1. The van der Waals surface area contributed by atoms with Crippen molar-refractivity contribution in [3.05, 3.63) is 59.7 Å². The van der Waals surface area contributed by atoms with Gasteiger partial charge < -0.3 is 5.32 Å². The first-order valence-corrected chi connectivity index (χ1v) is 10.1. The lowest BCUT2D eigenvalue weighted by Gasteiger charge is -2.21. The molecular formula is C20H26N2O3S. The second-order valence-electron chi connectivity index (χ2n) is 6.68. The third-order valence-corrected chi connectivity index (χ3v) is 6.31. The van der Waals surface area contributed by atoms with Crippen LogP contribution in [0, 0.1) is 6.92 Å². The summed E-state index contributed by atoms with van der Waals surface area (Å²) in [6.07, 6.45) is 1.04. The van der Waals surface area contributed by atoms with Gasteiger partial charge in [0.05, 0.1) is 4.90 Å². The standard InChI is InChI=1S/C20H26N2O3S/c1-15(2)22(4)26(24,25)19-11-9-18(10-12-19)21-20(23)13-8-17-7-5-6-16(3)14-17/h5-7,9-12,14-15H,8,13H2,1-4H3,(H,21,23). The van der Waals surface area contributed by atoms with E-state index in [9.17, 15) is 13.2 Å². The van der Waals surface area contributed by atoms with Crippen molar-refractivity contribution in [3.8, 4) is 0 Å². The van der Waals surface area contributed by atoms with Crippen LogP contribution in [-0.2, 0) is 21.2 Å². The Labute approximate surface area is 156 Å². The molecule has 26 heavy (non-hydrogen) atoms. The molecule has 2 aromatic carbocycles. The zero-order valence-electron chi connectivity index (χ0n) is 15.7. The van der Waals surface area contributed by atoms with Gasteiger partial charge in [-0.1, -0.05) is 29.8 Å². The van der Waals surface area contributed by atoms with Gasteiger partial charge >= 0.3 is 0 Å². The normalized spacial score (nSPS) is 11.8. The smallest absolute Gasteiger partial charge is 0.243 e. The van der Waals surface area contributed by atoms with E-state index < -0.39 is 10.0 Å². The van der Waals surface area contributed by atoms with E-state index in [1.807, 2.05) is 39.0 Å². The number of hydrogen-bond donors (Lipinski definition) is 1. The molecule has 0 unspecified atom stereocenters. The van der Waals surface area contributed by atoms with Gasteiger partial charge in [0.1, 0.15) is 0 Å². The lowest BCUT2D eigenvalue weighted by molar-refractivity contribution is -0.116. The average molecular weight is 375 g/mol. The molecule has 5 nitrogen and oxygen atoms in total. The van der Waals surface area contributed by atoms with Gasteiger partial charge in [0, 0.05) is 25.2 Å². The van der Waals surface area contributed by atoms with Gasteiger partial charge in [-0.05, 0) is 57.0 Å². The maximum absolute atomic E-state index is 12.4. The van der Waals surface area contributed by atoms with Crippen molar-refractivity contribution in [1.82, 2.24) is 4.31 Å². The molecule has 6 heteroatoms. The summed E-state index contributed by atoms with van der Waals surface area (Å²) in [6.45, 7) is 5.66. The highest BCUT2D eigenvalue weighted by Crippen LogP contribution is 2.19. The molecule has 0 aliphatic rings. The Balaban J connectivity index is 1.97. The van der Waals surface area contributed by atoms with Crippen molar-refractivity contribution < 1.29 is 13.2 Å². The number of sulfonamides is 1. The van der Waals surface area contributed by atoms with Gasteiger partial charge in [-0.25, -0.2) is 8.42 Å². The molecule has 0 saturated heterocycles. The minimum Gasteiger partial charge on any atom is -0.326 e. The molecule has 0 atom stereocenters. The van der Waals surface area contributed by atoms with Crippen molar-refractivity contribution in [2.45, 2.75) is 44.6 Å². The quantitative estimate of drug-likeness (QED) is 0.805. The third-order valence-electron chi connectivity index (χ3n) is 4.27. The summed E-state index contributed by atoms with van der Waals surface area (Å²) in [7, 11) is -1.96. The van der Waals surface area contributed by atoms with Crippen LogP contribution < -0.4 is 5.32 Å². The summed E-state index contributed by atoms with van der Waals surface area (Å²) in [5, 5.41) is 2.81. The Bertz CT molecular complexity index is 859. The molecule has 0 aliphatic heterocycles. The van der Waals surface area contributed by atoms with Crippen molar-refractivity contribution >= 4 is 21.6 Å². The van der Waals surface area contributed by atoms with E-state index in [0.717, 1.165) is 5.56 Å². The van der Waals surface area contributed by atoms with Gasteiger partial charge in [-0.2, -0.15) is 4.31 Å². The van der Waals surface area contributed by atoms with E-state index in [-0.39, 0.29) is 16.8 Å². The van der Waals surface area contributed by atoms with Crippen molar-refractivity contribution in [2.75, 3.05) is 12.4 Å². The maximum Gasteiger partial charge on any atom is 0.243 e. The molecule has 0 aliphatic carbocycles. The minimum absolute atomic E-state index is 0.0959. The zero-order valence-corrected chi connectivity index (χ0v) is 16.5. The number of nitrogens with one attached hydrogen (secondary N) is 1. The van der Waals surface area contributed by atoms with E-state index in [4.69, 9.17) is 0 Å². The first kappa shape index (κ1) is 20.1. The Morgan fingerprint density at radius 1 is 1.12 bits per heavy atom. The highest BCUT2D eigenvalue weighted by Gasteiger charge is 2.22. The first-order chi connectivity index (χ1) is 12.2. The number of amides is 1. The van der Waals surface area contributed by atoms with Gasteiger partial charge in [0.25, 0.3) is 0 Å². The zero-order chi connectivity index (χ0) is 19.3. The third kappa shape index (κ3) is 5.16. The Morgan fingerprint density at radius 2 is 1.77 bits per heavy atom. The molecule has 2 aromatic rings. The first-order valence-electron chi connectivity index (χ1n) is 8.63. The molecule has 0 fully saturated rings. The molecule has 0 aromatic heterocycles. The van der Waals surface area contributed by atoms with Crippen LogP contribution in [0.5, 0.6) is 0 Å². The summed E-state index contributed by atoms with van der Waals surface area (Å²) >= 11 is 0. The maximum atomic E-state index is 12.4. The van der Waals surface area contributed by atoms with Crippen molar-refractivity contribution in [1.29, 1.82) is 0 Å². The predicted octanol–water partition coefficient (Wildman–Crippen LogP) is 3.60. The number of rotatable bonds is 7. The van der Waals surface area contributed by atoms with E-state index >= 15 is 0 Å². The lowest BCUT2D eigenvalue weighted by atomic mass is 10.1. The molecule has 0 heterocycles. The van der Waals surface area contributed by atoms with Crippen LogP contribution in [0.2, 0.25) is 0 Å². The Hall–Kier alpha value is -2.18. The van der Waals surface area contributed by atoms with Gasteiger partial charge in [-0.15, -0.1) is 0 Å². The summed E-state index contributed by atoms with van der Waals surface area (Å²) in [5.41, 5.74) is 2.88. The summed E-state index contributed by atoms with van der Waals surface area (Å²) in [6, 6.07) is 14.2. The van der Waals surface area contributed by atoms with Gasteiger partial charge in [0.15, 0.2) is 0 Å². The van der Waals surface area contributed by atoms with Gasteiger partial charge in [-0.3, -0.25) is 4.79 Å². The van der Waals surface area contributed by atoms with Gasteiger partial charge in [0.2, 0.25) is 15.9 Å². The number of carbonyl (C=O) groups is 1. The number of anilines is 1. The highest BCUT2D eigenvalue weighted by atomic mass is 32.2. The summed E-state index contributed by atoms with van der Waals surface area (Å²) in [5.74, 6) is -0.0959. The van der Waals surface area contributed by atoms with E-state index in [0.29, 0.717) is 18.5 Å². The Morgan fingerprint density at radius 3 is 2.35 bits per heavy atom. The van der Waals surface area contributed by atoms with Crippen LogP contribution in [0.15, 0.2) is 53.4 Å². The fourth-order valence-corrected chi connectivity index (χ4v) is 3.87. The molecule has 1 N–H and O–H groups in total. The second kappa shape index (κ2) is 8.47. The molecule has 1 amide bonds. The van der Waals surface area contributed by atoms with Crippen LogP contribution in [0.4, 0.5) is 5.69 Å². The molecule has 0 radical (unpaired) electrons. The molecular weight excluding hydrogens is 348 g/mol. The molecule has 140 valence electrons. The number of carbonyl (C=O) groups excluding carboxylic acids is 1. The summed E-state index contributed by atoms with van der Waals surface area (Å²) < 4.78 is 26.2. The van der Waals surface area contributed by atoms with Crippen molar-refractivity contribution in [2.24, 2.45) is 0 Å². The molecule has 2 rings (SSSR count). The van der Waals surface area contributed by atoms with Crippen molar-refractivity contribution in [3.63, 3.8) is 0 Å². The van der Waals surface area contributed by atoms with Crippen LogP contribution in [0.25, 0.3) is 0 Å². The van der Waals surface area contributed by atoms with Crippen LogP contribution in [-0.4, -0.2) is 31.7 Å². The van der Waals surface area contributed by atoms with E-state index in [1.54, 1.807) is 19.2 Å². The minimum atomic E-state index is -3.51. The number of hydrogen-bond acceptors (Lipinski definition) is 3. The lowest BCUT2D eigenvalue weighted by Crippen LogP contribution is -2.33. The SMILES string of the molecule is Cc1cccc(CCC(=O)Nc2ccc(S(=O)(=O)N(C)C(C)C)cc2)c1. The average Bonchev–Trinajstić information content (AvgIpc) is 2.59. The van der Waals surface area contributed by atoms with Crippen LogP contribution in [0.1, 0.15) is 31.4 Å². The Kier molecular flexibility index (Phi) is 6.56. The largest absolute Gasteiger partial charge is 0.326 e. The molecule has 0 saturated carbocycles. The number of benzene rings is 2. The summed E-state index contributed by atoms with van der Waals surface area (Å²) in [4.78, 5) is 12.3. The molecule has 0 spiro atoms. The monoisotopic (exact) mass is 374 g/mol. The predicted molar refractivity (Wildman–Crippen MR) is 105 cm³/mol. The highest BCUT2D eigenvalue weighted by molar-refractivity contribution is 7.89. The second-order valence-corrected chi connectivity index (χ2v) is 8.67. The number of aryl methyl sites for hydroxylation is 2. The molecule has 0 bridgehead atoms. The van der Waals surface area contributed by atoms with E-state index in [2.05, 4.69) is 11.4 Å². The fraction of sp³-hybridized carbons (Fsp3) is 0.350.